The summed E-state index contributed by atoms with van der Waals surface area (Å²) in [6, 6.07) is 11.0. The van der Waals surface area contributed by atoms with Gasteiger partial charge in [-0.05, 0) is 37.1 Å². The third-order valence-electron chi connectivity index (χ3n) is 5.40. The normalized spacial score (nSPS) is 15.1. The standard InChI is InChI=1S/C22H26N2O7S/c1-29-16-8-9-19(30-2)18(14-16)23-21(25)15-10-12-24(13-11-15)32(27,28)20-7-5-4-6-17(20)22(26)31-3/h4-9,14-15H,10-13H2,1-3H3,(H,23,25). The first-order chi connectivity index (χ1) is 15.3. The summed E-state index contributed by atoms with van der Waals surface area (Å²) in [4.78, 5) is 24.7. The first-order valence-corrected chi connectivity index (χ1v) is 11.5. The Kier molecular flexibility index (Phi) is 7.37. The van der Waals surface area contributed by atoms with Gasteiger partial charge >= 0.3 is 5.97 Å². The Morgan fingerprint density at radius 1 is 1.00 bits per heavy atom. The number of sulfonamides is 1. The predicted octanol–water partition coefficient (Wildman–Crippen LogP) is 2.53. The summed E-state index contributed by atoms with van der Waals surface area (Å²) in [5, 5.41) is 2.85. The largest absolute Gasteiger partial charge is 0.497 e. The molecule has 1 amide bonds. The van der Waals surface area contributed by atoms with Gasteiger partial charge in [-0.15, -0.1) is 0 Å². The molecule has 3 rings (SSSR count). The Morgan fingerprint density at radius 2 is 1.69 bits per heavy atom. The number of piperidine rings is 1. The molecule has 10 heteroatoms. The zero-order valence-corrected chi connectivity index (χ0v) is 19.0. The summed E-state index contributed by atoms with van der Waals surface area (Å²) in [6.45, 7) is 0.316. The minimum atomic E-state index is -3.91. The van der Waals surface area contributed by atoms with Crippen molar-refractivity contribution in [2.45, 2.75) is 17.7 Å². The molecule has 1 N–H and O–H groups in total. The molecule has 0 bridgehead atoms. The van der Waals surface area contributed by atoms with E-state index in [0.717, 1.165) is 0 Å². The maximum atomic E-state index is 13.1. The average Bonchev–Trinajstić information content (AvgIpc) is 2.83. The highest BCUT2D eigenvalue weighted by atomic mass is 32.2. The van der Waals surface area contributed by atoms with Crippen molar-refractivity contribution in [1.29, 1.82) is 0 Å². The molecule has 1 aliphatic rings. The van der Waals surface area contributed by atoms with Crippen molar-refractivity contribution in [2.24, 2.45) is 5.92 Å². The average molecular weight is 463 g/mol. The molecule has 2 aromatic rings. The molecular formula is C22H26N2O7S. The Hall–Kier alpha value is -3.11. The van der Waals surface area contributed by atoms with E-state index in [1.165, 1.54) is 37.8 Å². The van der Waals surface area contributed by atoms with Crippen LogP contribution in [0.4, 0.5) is 5.69 Å². The van der Waals surface area contributed by atoms with Gasteiger partial charge < -0.3 is 19.5 Å². The summed E-state index contributed by atoms with van der Waals surface area (Å²) in [7, 11) is 0.327. The smallest absolute Gasteiger partial charge is 0.339 e. The molecule has 1 fully saturated rings. The lowest BCUT2D eigenvalue weighted by atomic mass is 9.97. The highest BCUT2D eigenvalue weighted by Crippen LogP contribution is 2.31. The highest BCUT2D eigenvalue weighted by Gasteiger charge is 2.34. The van der Waals surface area contributed by atoms with E-state index in [4.69, 9.17) is 14.2 Å². The number of carbonyl (C=O) groups excluding carboxylic acids is 2. The van der Waals surface area contributed by atoms with Crippen molar-refractivity contribution in [2.75, 3.05) is 39.7 Å². The van der Waals surface area contributed by atoms with Crippen LogP contribution in [0.1, 0.15) is 23.2 Å². The number of methoxy groups -OCH3 is 3. The molecular weight excluding hydrogens is 436 g/mol. The van der Waals surface area contributed by atoms with Crippen LogP contribution in [-0.4, -0.2) is 59.0 Å². The number of nitrogens with one attached hydrogen (secondary N) is 1. The topological polar surface area (TPSA) is 111 Å². The van der Waals surface area contributed by atoms with Gasteiger partial charge in [0.2, 0.25) is 15.9 Å². The van der Waals surface area contributed by atoms with Crippen molar-refractivity contribution in [3.8, 4) is 11.5 Å². The maximum absolute atomic E-state index is 13.1. The molecule has 0 saturated carbocycles. The SMILES string of the molecule is COC(=O)c1ccccc1S(=O)(=O)N1CCC(C(=O)Nc2cc(OC)ccc2OC)CC1. The molecule has 32 heavy (non-hydrogen) atoms. The van der Waals surface area contributed by atoms with Gasteiger partial charge in [0.25, 0.3) is 0 Å². The molecule has 1 heterocycles. The van der Waals surface area contributed by atoms with Gasteiger partial charge in [-0.1, -0.05) is 12.1 Å². The van der Waals surface area contributed by atoms with Crippen LogP contribution in [0.5, 0.6) is 11.5 Å². The number of esters is 1. The van der Waals surface area contributed by atoms with Crippen molar-refractivity contribution < 1.29 is 32.2 Å². The van der Waals surface area contributed by atoms with Crippen molar-refractivity contribution in [3.63, 3.8) is 0 Å². The first-order valence-electron chi connectivity index (χ1n) is 10.0. The quantitative estimate of drug-likeness (QED) is 0.630. The molecule has 172 valence electrons. The summed E-state index contributed by atoms with van der Waals surface area (Å²) in [6.07, 6.45) is 0.690. The maximum Gasteiger partial charge on any atom is 0.339 e. The lowest BCUT2D eigenvalue weighted by Crippen LogP contribution is -2.41. The van der Waals surface area contributed by atoms with E-state index in [9.17, 15) is 18.0 Å². The van der Waals surface area contributed by atoms with Crippen LogP contribution < -0.4 is 14.8 Å². The van der Waals surface area contributed by atoms with E-state index >= 15 is 0 Å². The Bertz CT molecular complexity index is 1090. The van der Waals surface area contributed by atoms with Crippen LogP contribution >= 0.6 is 0 Å². The minimum absolute atomic E-state index is 0.0139. The monoisotopic (exact) mass is 462 g/mol. The van der Waals surface area contributed by atoms with Crippen molar-refractivity contribution >= 4 is 27.6 Å². The van der Waals surface area contributed by atoms with Gasteiger partial charge in [0.1, 0.15) is 11.5 Å². The van der Waals surface area contributed by atoms with E-state index in [0.29, 0.717) is 30.0 Å². The number of nitrogens with zero attached hydrogens (tertiary/aromatic N) is 1. The lowest BCUT2D eigenvalue weighted by molar-refractivity contribution is -0.120. The number of carbonyl (C=O) groups is 2. The first kappa shape index (κ1) is 23.6. The molecule has 0 atom stereocenters. The summed E-state index contributed by atoms with van der Waals surface area (Å²) in [5.41, 5.74) is 0.471. The van der Waals surface area contributed by atoms with Crippen LogP contribution in [0.15, 0.2) is 47.4 Å². The second-order valence-corrected chi connectivity index (χ2v) is 9.13. The van der Waals surface area contributed by atoms with Crippen molar-refractivity contribution in [1.82, 2.24) is 4.31 Å². The van der Waals surface area contributed by atoms with E-state index in [1.807, 2.05) is 0 Å². The molecule has 9 nitrogen and oxygen atoms in total. The van der Waals surface area contributed by atoms with Crippen LogP contribution in [0, 0.1) is 5.92 Å². The number of benzene rings is 2. The number of amides is 1. The predicted molar refractivity (Wildman–Crippen MR) is 117 cm³/mol. The molecule has 0 spiro atoms. The van der Waals surface area contributed by atoms with E-state index < -0.39 is 16.0 Å². The zero-order valence-electron chi connectivity index (χ0n) is 18.2. The fourth-order valence-corrected chi connectivity index (χ4v) is 5.26. The molecule has 1 saturated heterocycles. The fraction of sp³-hybridized carbons (Fsp3) is 0.364. The van der Waals surface area contributed by atoms with Gasteiger partial charge in [-0.25, -0.2) is 13.2 Å². The van der Waals surface area contributed by atoms with Crippen molar-refractivity contribution in [3.05, 3.63) is 48.0 Å². The van der Waals surface area contributed by atoms with Gasteiger partial charge in [-0.3, -0.25) is 4.79 Å². The molecule has 0 aromatic heterocycles. The third kappa shape index (κ3) is 4.86. The van der Waals surface area contributed by atoms with Gasteiger partial charge in [-0.2, -0.15) is 4.31 Å². The van der Waals surface area contributed by atoms with E-state index in [2.05, 4.69) is 5.32 Å². The summed E-state index contributed by atoms with van der Waals surface area (Å²) in [5.74, 6) is -0.229. The van der Waals surface area contributed by atoms with Crippen LogP contribution in [0.25, 0.3) is 0 Å². The van der Waals surface area contributed by atoms with Crippen LogP contribution in [0.2, 0.25) is 0 Å². The molecule has 0 radical (unpaired) electrons. The number of ether oxygens (including phenoxy) is 3. The molecule has 1 aliphatic heterocycles. The number of hydrogen-bond acceptors (Lipinski definition) is 7. The van der Waals surface area contributed by atoms with Gasteiger partial charge in [0, 0.05) is 25.1 Å². The van der Waals surface area contributed by atoms with Gasteiger partial charge in [0.15, 0.2) is 0 Å². The summed E-state index contributed by atoms with van der Waals surface area (Å²) < 4.78 is 42.8. The third-order valence-corrected chi connectivity index (χ3v) is 7.36. The Labute approximate surface area is 187 Å². The van der Waals surface area contributed by atoms with Gasteiger partial charge in [0.05, 0.1) is 37.5 Å². The van der Waals surface area contributed by atoms with E-state index in [1.54, 1.807) is 30.3 Å². The Balaban J connectivity index is 1.70. The Morgan fingerprint density at radius 3 is 2.31 bits per heavy atom. The molecule has 0 unspecified atom stereocenters. The minimum Gasteiger partial charge on any atom is -0.497 e. The van der Waals surface area contributed by atoms with E-state index in [-0.39, 0.29) is 35.4 Å². The molecule has 2 aromatic carbocycles. The number of rotatable bonds is 7. The fourth-order valence-electron chi connectivity index (χ4n) is 3.61. The van der Waals surface area contributed by atoms with Crippen LogP contribution in [0.3, 0.4) is 0 Å². The van der Waals surface area contributed by atoms with Crippen LogP contribution in [-0.2, 0) is 19.6 Å². The lowest BCUT2D eigenvalue weighted by Gasteiger charge is -2.31. The number of anilines is 1. The summed E-state index contributed by atoms with van der Waals surface area (Å²) >= 11 is 0. The highest BCUT2D eigenvalue weighted by molar-refractivity contribution is 7.89. The molecule has 0 aliphatic carbocycles. The zero-order chi connectivity index (χ0) is 23.3. The number of hydrogen-bond donors (Lipinski definition) is 1. The second-order valence-electron chi connectivity index (χ2n) is 7.22. The second kappa shape index (κ2) is 10.0.